The van der Waals surface area contributed by atoms with Crippen LogP contribution >= 0.6 is 0 Å². The fourth-order valence-corrected chi connectivity index (χ4v) is 6.05. The molecule has 1 aliphatic carbocycles. The Balaban J connectivity index is 1.25. The largest absolute Gasteiger partial charge is 0.496 e. The van der Waals surface area contributed by atoms with Gasteiger partial charge < -0.3 is 19.3 Å². The van der Waals surface area contributed by atoms with Crippen molar-refractivity contribution >= 4 is 11.9 Å². The zero-order valence-corrected chi connectivity index (χ0v) is 20.9. The van der Waals surface area contributed by atoms with Gasteiger partial charge in [-0.2, -0.15) is 5.26 Å². The molecular weight excluding hydrogens is 461 g/mol. The fraction of sp³-hybridized carbons (Fsp3) is 0.519. The molecule has 2 saturated heterocycles. The van der Waals surface area contributed by atoms with Crippen LogP contribution in [-0.2, 0) is 4.74 Å². The molecule has 1 amide bonds. The Morgan fingerprint density at radius 1 is 1.22 bits per heavy atom. The first-order valence-electron chi connectivity index (χ1n) is 12.6. The van der Waals surface area contributed by atoms with Crippen LogP contribution in [0.4, 0.5) is 15.0 Å². The van der Waals surface area contributed by atoms with Crippen molar-refractivity contribution in [2.45, 2.75) is 32.2 Å². The number of aromatic nitrogens is 1. The van der Waals surface area contributed by atoms with Crippen molar-refractivity contribution in [1.82, 2.24) is 14.8 Å². The fourth-order valence-electron chi connectivity index (χ4n) is 6.05. The van der Waals surface area contributed by atoms with E-state index in [1.54, 1.807) is 25.3 Å². The molecule has 2 aromatic rings. The molecule has 3 aliphatic rings. The molecular formula is C27H32FN5O3. The van der Waals surface area contributed by atoms with Crippen LogP contribution in [0.5, 0.6) is 5.75 Å². The summed E-state index contributed by atoms with van der Waals surface area (Å²) in [7, 11) is 1.55. The highest BCUT2D eigenvalue weighted by molar-refractivity contribution is 5.81. The van der Waals surface area contributed by atoms with Crippen molar-refractivity contribution < 1.29 is 18.7 Å². The molecule has 1 aromatic carbocycles. The SMILES string of the molecule is CCOC(=O)N1CC2(CC[C@@H](N3CCN(c4ncc(F)cc4-c4ccc(C#N)cc4OC)CC3)C2)C1. The van der Waals surface area contributed by atoms with Gasteiger partial charge in [0.1, 0.15) is 17.4 Å². The van der Waals surface area contributed by atoms with Crippen LogP contribution in [0.2, 0.25) is 0 Å². The summed E-state index contributed by atoms with van der Waals surface area (Å²) in [5.41, 5.74) is 2.11. The normalized spacial score (nSPS) is 21.2. The second-order valence-corrected chi connectivity index (χ2v) is 10.0. The minimum Gasteiger partial charge on any atom is -0.496 e. The van der Waals surface area contributed by atoms with Gasteiger partial charge in [-0.3, -0.25) is 4.90 Å². The van der Waals surface area contributed by atoms with E-state index in [-0.39, 0.29) is 11.5 Å². The van der Waals surface area contributed by atoms with Gasteiger partial charge in [-0.05, 0) is 50.5 Å². The van der Waals surface area contributed by atoms with E-state index >= 15 is 0 Å². The van der Waals surface area contributed by atoms with Gasteiger partial charge in [0.25, 0.3) is 0 Å². The lowest BCUT2D eigenvalue weighted by Crippen LogP contribution is -2.58. The lowest BCUT2D eigenvalue weighted by Gasteiger charge is -2.48. The predicted octanol–water partition coefficient (Wildman–Crippen LogP) is 3.90. The lowest BCUT2D eigenvalue weighted by molar-refractivity contribution is -0.00294. The third kappa shape index (κ3) is 4.58. The summed E-state index contributed by atoms with van der Waals surface area (Å²) in [5.74, 6) is 0.841. The second-order valence-electron chi connectivity index (χ2n) is 10.0. The first kappa shape index (κ1) is 24.3. The van der Waals surface area contributed by atoms with E-state index in [4.69, 9.17) is 9.47 Å². The van der Waals surface area contributed by atoms with Crippen LogP contribution in [-0.4, -0.2) is 79.9 Å². The molecule has 0 unspecified atom stereocenters. The van der Waals surface area contributed by atoms with E-state index in [0.29, 0.717) is 29.5 Å². The number of halogens is 1. The molecule has 36 heavy (non-hydrogen) atoms. The van der Waals surface area contributed by atoms with Crippen LogP contribution in [0.25, 0.3) is 11.1 Å². The summed E-state index contributed by atoms with van der Waals surface area (Å²) in [6, 6.07) is 9.31. The summed E-state index contributed by atoms with van der Waals surface area (Å²) in [4.78, 5) is 23.0. The minimum atomic E-state index is -0.410. The quantitative estimate of drug-likeness (QED) is 0.625. The molecule has 9 heteroatoms. The summed E-state index contributed by atoms with van der Waals surface area (Å²) in [6.07, 6.45) is 4.48. The number of nitrogens with zero attached hydrogens (tertiary/aromatic N) is 5. The Labute approximate surface area is 211 Å². The van der Waals surface area contributed by atoms with E-state index in [9.17, 15) is 14.4 Å². The Hall–Kier alpha value is -3.38. The van der Waals surface area contributed by atoms with Crippen LogP contribution in [0.1, 0.15) is 31.7 Å². The smallest absolute Gasteiger partial charge is 0.409 e. The summed E-state index contributed by atoms with van der Waals surface area (Å²) < 4.78 is 24.9. The number of carbonyl (C=O) groups excluding carboxylic acids is 1. The molecule has 1 spiro atoms. The third-order valence-corrected chi connectivity index (χ3v) is 7.84. The van der Waals surface area contributed by atoms with Crippen LogP contribution in [0.15, 0.2) is 30.5 Å². The molecule has 3 heterocycles. The monoisotopic (exact) mass is 493 g/mol. The standard InChI is InChI=1S/C27H32FN5O3/c1-3-36-26(34)33-17-27(18-33)7-6-21(14-27)31-8-10-32(11-9-31)25-23(13-20(28)16-30-25)22-5-4-19(15-29)12-24(22)35-2/h4-5,12-13,16,21H,3,6-11,14,17-18H2,1-2H3/t21-/m1/s1. The van der Waals surface area contributed by atoms with Gasteiger partial charge in [-0.15, -0.1) is 0 Å². The maximum atomic E-state index is 14.3. The first-order chi connectivity index (χ1) is 17.4. The number of likely N-dealkylation sites (tertiary alicyclic amines) is 1. The highest BCUT2D eigenvalue weighted by Crippen LogP contribution is 2.47. The van der Waals surface area contributed by atoms with Gasteiger partial charge in [0.05, 0.1) is 31.5 Å². The Bertz CT molecular complexity index is 1170. The summed E-state index contributed by atoms with van der Waals surface area (Å²) in [5, 5.41) is 9.23. The minimum absolute atomic E-state index is 0.193. The highest BCUT2D eigenvalue weighted by Gasteiger charge is 2.51. The molecule has 2 aliphatic heterocycles. The van der Waals surface area contributed by atoms with E-state index in [0.717, 1.165) is 69.9 Å². The molecule has 0 bridgehead atoms. The Morgan fingerprint density at radius 3 is 2.69 bits per heavy atom. The number of piperazine rings is 1. The van der Waals surface area contributed by atoms with Crippen molar-refractivity contribution in [3.05, 3.63) is 41.8 Å². The van der Waals surface area contributed by atoms with Gasteiger partial charge in [0.2, 0.25) is 0 Å². The molecule has 1 atom stereocenters. The number of benzene rings is 1. The average Bonchev–Trinajstić information content (AvgIpc) is 3.34. The number of hydrogen-bond acceptors (Lipinski definition) is 7. The second kappa shape index (κ2) is 9.94. The van der Waals surface area contributed by atoms with E-state index < -0.39 is 5.82 Å². The van der Waals surface area contributed by atoms with Gasteiger partial charge in [-0.1, -0.05) is 0 Å². The number of carbonyl (C=O) groups is 1. The van der Waals surface area contributed by atoms with Gasteiger partial charge in [0, 0.05) is 61.9 Å². The topological polar surface area (TPSA) is 81.9 Å². The highest BCUT2D eigenvalue weighted by atomic mass is 19.1. The number of anilines is 1. The number of amides is 1. The molecule has 5 rings (SSSR count). The average molecular weight is 494 g/mol. The van der Waals surface area contributed by atoms with E-state index in [2.05, 4.69) is 20.9 Å². The molecule has 8 nitrogen and oxygen atoms in total. The number of rotatable bonds is 5. The maximum Gasteiger partial charge on any atom is 0.409 e. The van der Waals surface area contributed by atoms with Crippen molar-refractivity contribution in [2.75, 3.05) is 57.9 Å². The van der Waals surface area contributed by atoms with E-state index in [1.165, 1.54) is 12.3 Å². The third-order valence-electron chi connectivity index (χ3n) is 7.84. The molecule has 190 valence electrons. The van der Waals surface area contributed by atoms with Gasteiger partial charge in [0.15, 0.2) is 0 Å². The zero-order valence-electron chi connectivity index (χ0n) is 20.9. The number of hydrogen-bond donors (Lipinski definition) is 0. The number of methoxy groups -OCH3 is 1. The maximum absolute atomic E-state index is 14.3. The molecule has 0 N–H and O–H groups in total. The Kier molecular flexibility index (Phi) is 6.71. The van der Waals surface area contributed by atoms with Crippen molar-refractivity contribution in [3.63, 3.8) is 0 Å². The number of nitriles is 1. The lowest BCUT2D eigenvalue weighted by atomic mass is 9.78. The van der Waals surface area contributed by atoms with Gasteiger partial charge in [-0.25, -0.2) is 14.2 Å². The number of pyridine rings is 1. The first-order valence-corrected chi connectivity index (χ1v) is 12.6. The molecule has 3 fully saturated rings. The van der Waals surface area contributed by atoms with Crippen LogP contribution < -0.4 is 9.64 Å². The van der Waals surface area contributed by atoms with Crippen molar-refractivity contribution in [2.24, 2.45) is 5.41 Å². The molecule has 0 radical (unpaired) electrons. The Morgan fingerprint density at radius 2 is 2.00 bits per heavy atom. The zero-order chi connectivity index (χ0) is 25.3. The van der Waals surface area contributed by atoms with Crippen molar-refractivity contribution in [1.29, 1.82) is 5.26 Å². The molecule has 1 aromatic heterocycles. The van der Waals surface area contributed by atoms with Crippen molar-refractivity contribution in [3.8, 4) is 22.9 Å². The number of ether oxygens (including phenoxy) is 2. The van der Waals surface area contributed by atoms with E-state index in [1.807, 2.05) is 11.8 Å². The van der Waals surface area contributed by atoms with Gasteiger partial charge >= 0.3 is 6.09 Å². The van der Waals surface area contributed by atoms with Crippen LogP contribution in [0.3, 0.4) is 0 Å². The van der Waals surface area contributed by atoms with Crippen LogP contribution in [0, 0.1) is 22.6 Å². The molecule has 1 saturated carbocycles. The predicted molar refractivity (Wildman–Crippen MR) is 133 cm³/mol. The summed E-state index contributed by atoms with van der Waals surface area (Å²) in [6.45, 7) is 7.26. The summed E-state index contributed by atoms with van der Waals surface area (Å²) >= 11 is 0.